The van der Waals surface area contributed by atoms with E-state index in [1.807, 2.05) is 0 Å². The van der Waals surface area contributed by atoms with Crippen molar-refractivity contribution in [3.05, 3.63) is 72.9 Å². The highest BCUT2D eigenvalue weighted by Gasteiger charge is 2.49. The van der Waals surface area contributed by atoms with Gasteiger partial charge in [-0.1, -0.05) is 152 Å². The first-order valence-electron chi connectivity index (χ1n) is 15.9. The number of hydrogen-bond donors (Lipinski definition) is 2. The molecule has 40 heavy (non-hydrogen) atoms. The summed E-state index contributed by atoms with van der Waals surface area (Å²) in [5.41, 5.74) is 0. The summed E-state index contributed by atoms with van der Waals surface area (Å²) in [5, 5.41) is 8.45. The van der Waals surface area contributed by atoms with Crippen LogP contribution in [0.5, 0.6) is 0 Å². The van der Waals surface area contributed by atoms with Gasteiger partial charge in [0, 0.05) is 19.4 Å². The highest BCUT2D eigenvalue weighted by Crippen LogP contribution is 2.36. The lowest BCUT2D eigenvalue weighted by Crippen LogP contribution is -2.66. The van der Waals surface area contributed by atoms with Gasteiger partial charge in [0.15, 0.2) is 0 Å². The predicted molar refractivity (Wildman–Crippen MR) is 175 cm³/mol. The van der Waals surface area contributed by atoms with E-state index >= 15 is 0 Å². The maximum atomic E-state index is 11.6. The van der Waals surface area contributed by atoms with Gasteiger partial charge in [-0.3, -0.25) is 0 Å². The lowest BCUT2D eigenvalue weighted by atomic mass is 10.1. The molecule has 0 saturated heterocycles. The van der Waals surface area contributed by atoms with E-state index in [2.05, 4.69) is 105 Å². The van der Waals surface area contributed by atoms with Crippen molar-refractivity contribution in [3.8, 4) is 0 Å². The molecule has 0 radical (unpaired) electrons. The summed E-state index contributed by atoms with van der Waals surface area (Å²) >= 11 is 0. The van der Waals surface area contributed by atoms with Crippen LogP contribution in [-0.2, 0) is 4.43 Å². The second-order valence-electron chi connectivity index (χ2n) is 12.0. The van der Waals surface area contributed by atoms with E-state index in [1.54, 1.807) is 6.20 Å². The van der Waals surface area contributed by atoms with E-state index in [0.717, 1.165) is 38.8 Å². The fraction of sp³-hybridized carbons (Fsp3) is 0.571. The van der Waals surface area contributed by atoms with Gasteiger partial charge >= 0.3 is 6.03 Å². The van der Waals surface area contributed by atoms with Crippen LogP contribution in [-0.4, -0.2) is 27.5 Å². The monoisotopic (exact) mass is 564 g/mol. The average Bonchev–Trinajstić information content (AvgIpc) is 2.95. The molecule has 2 rings (SSSR count). The molecule has 4 nitrogen and oxygen atoms in total. The van der Waals surface area contributed by atoms with Crippen LogP contribution in [0.1, 0.15) is 111 Å². The largest absolute Gasteiger partial charge is 0.407 e. The minimum Gasteiger partial charge on any atom is -0.407 e. The van der Waals surface area contributed by atoms with Crippen LogP contribution in [0.2, 0.25) is 5.04 Å². The summed E-state index contributed by atoms with van der Waals surface area (Å²) in [6.07, 6.45) is 19.6. The normalized spacial score (nSPS) is 12.1. The van der Waals surface area contributed by atoms with Crippen molar-refractivity contribution in [1.29, 1.82) is 0 Å². The third-order valence-corrected chi connectivity index (χ3v) is 12.7. The Kier molecular flexibility index (Phi) is 16.6. The number of allylic oxidation sites excluding steroid dienone is 1. The predicted octanol–water partition coefficient (Wildman–Crippen LogP) is 8.47. The van der Waals surface area contributed by atoms with Gasteiger partial charge in [0.25, 0.3) is 8.32 Å². The molecule has 0 aliphatic carbocycles. The Hall–Kier alpha value is -2.37. The highest BCUT2D eigenvalue weighted by molar-refractivity contribution is 6.99. The number of urea groups is 1. The van der Waals surface area contributed by atoms with Crippen LogP contribution in [0.3, 0.4) is 0 Å². The Bertz CT molecular complexity index is 901. The third kappa shape index (κ3) is 12.0. The molecule has 0 aliphatic rings. The molecule has 5 heteroatoms. The second kappa shape index (κ2) is 19.7. The molecule has 0 bridgehead atoms. The quantitative estimate of drug-likeness (QED) is 0.125. The van der Waals surface area contributed by atoms with Crippen LogP contribution in [0, 0.1) is 0 Å². The standard InChI is InChI=1S/C35H56N2O2Si/c1-5-6-22-29-36-34(38)37-30-23-14-12-10-8-7-9-11-13-15-24-31-39-40(35(2,3)4,32-25-18-16-19-26-32)33-27-20-17-21-28-33/h16-21,23,25-28,30H,5-15,22,24,29,31H2,1-4H3,(H2,36,37,38). The van der Waals surface area contributed by atoms with Crippen molar-refractivity contribution in [1.82, 2.24) is 10.6 Å². The summed E-state index contributed by atoms with van der Waals surface area (Å²) in [4.78, 5) is 11.6. The van der Waals surface area contributed by atoms with E-state index in [4.69, 9.17) is 4.43 Å². The lowest BCUT2D eigenvalue weighted by molar-refractivity contribution is 0.244. The smallest absolute Gasteiger partial charge is 0.318 e. The Balaban J connectivity index is 1.59. The van der Waals surface area contributed by atoms with Crippen LogP contribution < -0.4 is 21.0 Å². The van der Waals surface area contributed by atoms with Gasteiger partial charge in [0.05, 0.1) is 0 Å². The molecule has 2 amide bonds. The topological polar surface area (TPSA) is 50.4 Å². The van der Waals surface area contributed by atoms with Crippen molar-refractivity contribution < 1.29 is 9.22 Å². The Morgan fingerprint density at radius 3 is 1.80 bits per heavy atom. The molecular formula is C35H56N2O2Si. The number of nitrogens with one attached hydrogen (secondary N) is 2. The minimum absolute atomic E-state index is 0.0462. The Labute approximate surface area is 246 Å². The van der Waals surface area contributed by atoms with Crippen LogP contribution >= 0.6 is 0 Å². The Morgan fingerprint density at radius 1 is 0.750 bits per heavy atom. The molecule has 0 heterocycles. The van der Waals surface area contributed by atoms with E-state index in [0.29, 0.717) is 0 Å². The van der Waals surface area contributed by atoms with Gasteiger partial charge in [-0.25, -0.2) is 4.79 Å². The number of rotatable bonds is 20. The molecule has 0 spiro atoms. The zero-order valence-electron chi connectivity index (χ0n) is 25.9. The summed E-state index contributed by atoms with van der Waals surface area (Å²) in [6, 6.07) is 21.8. The van der Waals surface area contributed by atoms with E-state index in [9.17, 15) is 4.79 Å². The molecule has 2 N–H and O–H groups in total. The lowest BCUT2D eigenvalue weighted by Gasteiger charge is -2.43. The van der Waals surface area contributed by atoms with Crippen LogP contribution in [0.4, 0.5) is 4.79 Å². The minimum atomic E-state index is -2.39. The first-order valence-corrected chi connectivity index (χ1v) is 17.8. The molecular weight excluding hydrogens is 508 g/mol. The molecule has 0 aliphatic heterocycles. The molecule has 222 valence electrons. The fourth-order valence-electron chi connectivity index (χ4n) is 5.43. The van der Waals surface area contributed by atoms with E-state index < -0.39 is 8.32 Å². The van der Waals surface area contributed by atoms with Gasteiger partial charge in [0.1, 0.15) is 0 Å². The molecule has 0 atom stereocenters. The number of unbranched alkanes of at least 4 members (excludes halogenated alkanes) is 11. The zero-order chi connectivity index (χ0) is 28.9. The van der Waals surface area contributed by atoms with Crippen LogP contribution in [0.15, 0.2) is 72.9 Å². The number of amides is 2. The van der Waals surface area contributed by atoms with Crippen molar-refractivity contribution in [2.75, 3.05) is 13.2 Å². The molecule has 0 unspecified atom stereocenters. The molecule has 2 aromatic carbocycles. The van der Waals surface area contributed by atoms with Crippen molar-refractivity contribution in [2.24, 2.45) is 0 Å². The van der Waals surface area contributed by atoms with Gasteiger partial charge in [-0.05, 0) is 41.1 Å². The maximum absolute atomic E-state index is 11.6. The number of carbonyl (C=O) groups is 1. The van der Waals surface area contributed by atoms with Crippen LogP contribution in [0.25, 0.3) is 0 Å². The van der Waals surface area contributed by atoms with Crippen molar-refractivity contribution in [3.63, 3.8) is 0 Å². The summed E-state index contributed by atoms with van der Waals surface area (Å²) in [6.45, 7) is 10.8. The van der Waals surface area contributed by atoms with E-state index in [1.165, 1.54) is 68.2 Å². The summed E-state index contributed by atoms with van der Waals surface area (Å²) < 4.78 is 7.01. The Morgan fingerprint density at radius 2 is 1.27 bits per heavy atom. The zero-order valence-corrected chi connectivity index (χ0v) is 26.9. The fourth-order valence-corrected chi connectivity index (χ4v) is 10.0. The second-order valence-corrected chi connectivity index (χ2v) is 16.3. The molecule has 0 saturated carbocycles. The first-order chi connectivity index (χ1) is 19.4. The third-order valence-electron chi connectivity index (χ3n) is 7.65. The van der Waals surface area contributed by atoms with Crippen molar-refractivity contribution >= 4 is 24.7 Å². The molecule has 0 aromatic heterocycles. The summed E-state index contributed by atoms with van der Waals surface area (Å²) in [5.74, 6) is 0. The molecule has 0 fully saturated rings. The summed E-state index contributed by atoms with van der Waals surface area (Å²) in [7, 11) is -2.39. The average molecular weight is 565 g/mol. The number of hydrogen-bond acceptors (Lipinski definition) is 2. The highest BCUT2D eigenvalue weighted by atomic mass is 28.4. The van der Waals surface area contributed by atoms with Gasteiger partial charge in [0.2, 0.25) is 0 Å². The number of benzene rings is 2. The SMILES string of the molecule is CCCCCNC(=O)NC=CCCCCCCCCCCCO[Si](c1ccccc1)(c1ccccc1)C(C)(C)C. The molecule has 2 aromatic rings. The number of carbonyl (C=O) groups excluding carboxylic acids is 1. The van der Waals surface area contributed by atoms with Gasteiger partial charge < -0.3 is 15.1 Å². The van der Waals surface area contributed by atoms with Gasteiger partial charge in [-0.2, -0.15) is 0 Å². The van der Waals surface area contributed by atoms with Gasteiger partial charge in [-0.15, -0.1) is 0 Å². The first kappa shape index (κ1) is 33.8. The van der Waals surface area contributed by atoms with Crippen molar-refractivity contribution in [2.45, 2.75) is 116 Å². The van der Waals surface area contributed by atoms with E-state index in [-0.39, 0.29) is 11.1 Å². The maximum Gasteiger partial charge on any atom is 0.318 e.